The topological polar surface area (TPSA) is 51.2 Å². The predicted octanol–water partition coefficient (Wildman–Crippen LogP) is 2.93. The molecule has 1 saturated heterocycles. The van der Waals surface area contributed by atoms with E-state index < -0.39 is 0 Å². The van der Waals surface area contributed by atoms with Gasteiger partial charge in [0.15, 0.2) is 17.3 Å². The minimum atomic E-state index is -0.0791. The molecule has 0 saturated carbocycles. The van der Waals surface area contributed by atoms with E-state index in [0.717, 1.165) is 56.0 Å². The molecule has 0 amide bonds. The molecule has 2 aliphatic rings. The van der Waals surface area contributed by atoms with Gasteiger partial charge in [-0.25, -0.2) is 0 Å². The number of nitrogens with zero attached hydrogens (tertiary/aromatic N) is 2. The van der Waals surface area contributed by atoms with Crippen molar-refractivity contribution in [2.75, 3.05) is 53.6 Å². The smallest absolute Gasteiger partial charge is 0.180 e. The number of rotatable bonds is 7. The van der Waals surface area contributed by atoms with Crippen LogP contribution in [0.25, 0.3) is 0 Å². The monoisotopic (exact) mass is 432 g/mol. The summed E-state index contributed by atoms with van der Waals surface area (Å²) in [5.74, 6) is 2.40. The summed E-state index contributed by atoms with van der Waals surface area (Å²) in [6.45, 7) is 5.26. The van der Waals surface area contributed by atoms with Crippen molar-refractivity contribution in [2.24, 2.45) is 0 Å². The van der Waals surface area contributed by atoms with Gasteiger partial charge in [0.05, 0.1) is 20.3 Å². The Morgan fingerprint density at radius 3 is 2.30 bits per heavy atom. The number of hydrogen-bond donors (Lipinski definition) is 0. The summed E-state index contributed by atoms with van der Waals surface area (Å²) < 4.78 is 16.6. The molecule has 1 heterocycles. The zero-order valence-electron chi connectivity index (χ0n) is 17.5. The average molecular weight is 433 g/mol. The number of carbonyl (C=O) groups is 1. The van der Waals surface area contributed by atoms with Gasteiger partial charge < -0.3 is 14.2 Å². The van der Waals surface area contributed by atoms with Crippen LogP contribution in [0, 0.1) is 0 Å². The van der Waals surface area contributed by atoms with Crippen LogP contribution in [0.4, 0.5) is 0 Å². The Kier molecular flexibility index (Phi) is 7.58. The number of ether oxygens (including phenoxy) is 3. The number of ketones is 1. The number of halogens is 1. The summed E-state index contributed by atoms with van der Waals surface area (Å²) in [5, 5.41) is 0. The third-order valence-electron chi connectivity index (χ3n) is 5.86. The molecule has 7 heteroatoms. The van der Waals surface area contributed by atoms with Crippen LogP contribution in [-0.4, -0.2) is 75.2 Å². The molecule has 0 N–H and O–H groups in total. The molecular weight excluding hydrogens is 404 g/mol. The Balaban J connectivity index is 0.00000256. The second kappa shape index (κ2) is 10.2. The van der Waals surface area contributed by atoms with E-state index in [1.54, 1.807) is 14.2 Å². The molecule has 2 aromatic carbocycles. The van der Waals surface area contributed by atoms with Crippen LogP contribution in [0.2, 0.25) is 0 Å². The molecule has 1 aliphatic carbocycles. The van der Waals surface area contributed by atoms with E-state index in [9.17, 15) is 4.79 Å². The van der Waals surface area contributed by atoms with E-state index in [2.05, 4.69) is 9.80 Å². The minimum absolute atomic E-state index is 0. The molecule has 2 aromatic rings. The molecule has 0 radical (unpaired) electrons. The lowest BCUT2D eigenvalue weighted by Gasteiger charge is -2.37. The maximum Gasteiger partial charge on any atom is 0.180 e. The molecule has 6 nitrogen and oxygen atoms in total. The van der Waals surface area contributed by atoms with Crippen molar-refractivity contribution in [3.05, 3.63) is 53.6 Å². The summed E-state index contributed by atoms with van der Waals surface area (Å²) in [7, 11) is 3.22. The SMILES string of the molecule is COc1cc2c(cc1OC)C(=O)C(N1CCN(CCOc3ccccc3)CC1)C2.Cl. The van der Waals surface area contributed by atoms with Crippen LogP contribution >= 0.6 is 12.4 Å². The maximum absolute atomic E-state index is 13.0. The van der Waals surface area contributed by atoms with Gasteiger partial charge in [0, 0.05) is 38.3 Å². The molecule has 4 rings (SSSR count). The van der Waals surface area contributed by atoms with E-state index >= 15 is 0 Å². The number of benzene rings is 2. The number of fused-ring (bicyclic) bond motifs is 1. The molecule has 1 unspecified atom stereocenters. The zero-order chi connectivity index (χ0) is 20.2. The van der Waals surface area contributed by atoms with Crippen LogP contribution in [0.1, 0.15) is 15.9 Å². The second-order valence-corrected chi connectivity index (χ2v) is 7.49. The summed E-state index contributed by atoms with van der Waals surface area (Å²) in [5.41, 5.74) is 1.82. The van der Waals surface area contributed by atoms with Crippen molar-refractivity contribution in [3.8, 4) is 17.2 Å². The quantitative estimate of drug-likeness (QED) is 0.670. The summed E-state index contributed by atoms with van der Waals surface area (Å²) in [6, 6.07) is 13.6. The van der Waals surface area contributed by atoms with Gasteiger partial charge in [0.25, 0.3) is 0 Å². The molecule has 162 valence electrons. The van der Waals surface area contributed by atoms with Gasteiger partial charge in [-0.05, 0) is 36.2 Å². The fraction of sp³-hybridized carbons (Fsp3) is 0.435. The Morgan fingerprint density at radius 2 is 1.63 bits per heavy atom. The lowest BCUT2D eigenvalue weighted by Crippen LogP contribution is -2.52. The molecule has 30 heavy (non-hydrogen) atoms. The zero-order valence-corrected chi connectivity index (χ0v) is 18.3. The highest BCUT2D eigenvalue weighted by Gasteiger charge is 2.37. The number of piperazine rings is 1. The van der Waals surface area contributed by atoms with Crippen molar-refractivity contribution in [3.63, 3.8) is 0 Å². The van der Waals surface area contributed by atoms with E-state index in [1.807, 2.05) is 42.5 Å². The fourth-order valence-electron chi connectivity index (χ4n) is 4.20. The number of methoxy groups -OCH3 is 2. The van der Waals surface area contributed by atoms with Gasteiger partial charge in [0.1, 0.15) is 12.4 Å². The number of hydrogen-bond acceptors (Lipinski definition) is 6. The molecule has 1 aliphatic heterocycles. The van der Waals surface area contributed by atoms with Crippen molar-refractivity contribution < 1.29 is 19.0 Å². The molecule has 0 aromatic heterocycles. The molecule has 0 spiro atoms. The van der Waals surface area contributed by atoms with Gasteiger partial charge in [-0.2, -0.15) is 0 Å². The van der Waals surface area contributed by atoms with Crippen LogP contribution in [0.3, 0.4) is 0 Å². The first kappa shape index (κ1) is 22.4. The number of para-hydroxylation sites is 1. The van der Waals surface area contributed by atoms with Gasteiger partial charge in [-0.3, -0.25) is 14.6 Å². The van der Waals surface area contributed by atoms with Gasteiger partial charge in [-0.1, -0.05) is 18.2 Å². The average Bonchev–Trinajstić information content (AvgIpc) is 3.09. The largest absolute Gasteiger partial charge is 0.493 e. The normalized spacial score (nSPS) is 19.1. The van der Waals surface area contributed by atoms with Crippen LogP contribution in [0.15, 0.2) is 42.5 Å². The second-order valence-electron chi connectivity index (χ2n) is 7.49. The van der Waals surface area contributed by atoms with Crippen molar-refractivity contribution in [1.82, 2.24) is 9.80 Å². The lowest BCUT2D eigenvalue weighted by molar-refractivity contribution is 0.0667. The first-order valence-electron chi connectivity index (χ1n) is 10.1. The highest BCUT2D eigenvalue weighted by molar-refractivity contribution is 6.05. The van der Waals surface area contributed by atoms with Crippen molar-refractivity contribution >= 4 is 18.2 Å². The number of carbonyl (C=O) groups excluding carboxylic acids is 1. The minimum Gasteiger partial charge on any atom is -0.493 e. The highest BCUT2D eigenvalue weighted by Crippen LogP contribution is 2.36. The first-order valence-corrected chi connectivity index (χ1v) is 10.1. The predicted molar refractivity (Wildman–Crippen MR) is 119 cm³/mol. The summed E-state index contributed by atoms with van der Waals surface area (Å²) >= 11 is 0. The molecule has 1 atom stereocenters. The van der Waals surface area contributed by atoms with Crippen LogP contribution in [-0.2, 0) is 6.42 Å². The van der Waals surface area contributed by atoms with Crippen LogP contribution in [0.5, 0.6) is 17.2 Å². The van der Waals surface area contributed by atoms with E-state index in [0.29, 0.717) is 18.1 Å². The van der Waals surface area contributed by atoms with Gasteiger partial charge in [-0.15, -0.1) is 12.4 Å². The molecular formula is C23H29ClN2O4. The van der Waals surface area contributed by atoms with E-state index in [1.165, 1.54) is 0 Å². The Hall–Kier alpha value is -2.28. The highest BCUT2D eigenvalue weighted by atomic mass is 35.5. The summed E-state index contributed by atoms with van der Waals surface area (Å²) in [6.07, 6.45) is 0.742. The standard InChI is InChI=1S/C23H28N2O4.ClH/c1-27-21-15-17-14-20(23(26)19(17)16-22(21)28-2)25-10-8-24(9-11-25)12-13-29-18-6-4-3-5-7-18;/h3-7,15-16,20H,8-14H2,1-2H3;1H. The molecule has 0 bridgehead atoms. The fourth-order valence-corrected chi connectivity index (χ4v) is 4.20. The Labute approximate surface area is 184 Å². The van der Waals surface area contributed by atoms with E-state index in [4.69, 9.17) is 14.2 Å². The number of Topliss-reactive ketones (excluding diaryl/α,β-unsaturated/α-hetero) is 1. The third-order valence-corrected chi connectivity index (χ3v) is 5.86. The maximum atomic E-state index is 13.0. The third kappa shape index (κ3) is 4.72. The van der Waals surface area contributed by atoms with E-state index in [-0.39, 0.29) is 24.2 Å². The first-order chi connectivity index (χ1) is 14.2. The molecule has 1 fully saturated rings. The summed E-state index contributed by atoms with van der Waals surface area (Å²) in [4.78, 5) is 17.7. The van der Waals surface area contributed by atoms with Gasteiger partial charge in [0.2, 0.25) is 0 Å². The Morgan fingerprint density at radius 1 is 0.967 bits per heavy atom. The van der Waals surface area contributed by atoms with Gasteiger partial charge >= 0.3 is 0 Å². The van der Waals surface area contributed by atoms with Crippen LogP contribution < -0.4 is 14.2 Å². The lowest BCUT2D eigenvalue weighted by atomic mass is 10.1. The van der Waals surface area contributed by atoms with Crippen molar-refractivity contribution in [2.45, 2.75) is 12.5 Å². The van der Waals surface area contributed by atoms with Crippen molar-refractivity contribution in [1.29, 1.82) is 0 Å². The Bertz CT molecular complexity index is 854.